The third-order valence-corrected chi connectivity index (χ3v) is 6.55. The molecule has 0 aliphatic heterocycles. The van der Waals surface area contributed by atoms with Crippen LogP contribution in [0.4, 0.5) is 5.69 Å². The Morgan fingerprint density at radius 3 is 2.31 bits per heavy atom. The molecule has 10 heteroatoms. The fourth-order valence-corrected chi connectivity index (χ4v) is 4.96. The van der Waals surface area contributed by atoms with Gasteiger partial charge in [-0.3, -0.25) is 9.35 Å². The molecule has 0 bridgehead atoms. The number of hydrogen-bond donors (Lipinski definition) is 3. The fraction of sp³-hybridized carbons (Fsp3) is 0.480. The predicted molar refractivity (Wildman–Crippen MR) is 136 cm³/mol. The maximum absolute atomic E-state index is 13.3. The molecule has 2 aliphatic carbocycles. The van der Waals surface area contributed by atoms with Gasteiger partial charge < -0.3 is 10.6 Å². The second kappa shape index (κ2) is 10.7. The number of benzene rings is 1. The molecule has 2 heterocycles. The van der Waals surface area contributed by atoms with E-state index in [1.807, 2.05) is 10.9 Å². The van der Waals surface area contributed by atoms with Crippen LogP contribution in [0.5, 0.6) is 0 Å². The lowest BCUT2D eigenvalue weighted by molar-refractivity contribution is 0.0939. The molecule has 0 unspecified atom stereocenters. The minimum atomic E-state index is -3.67. The summed E-state index contributed by atoms with van der Waals surface area (Å²) in [5, 5.41) is 12.4. The Morgan fingerprint density at radius 1 is 1.09 bits per heavy atom. The smallest absolute Gasteiger partial charge is 0.261 e. The molecular formula is C25H33N5O4S. The number of aromatic nitrogens is 3. The molecule has 0 spiro atoms. The highest BCUT2D eigenvalue weighted by Gasteiger charge is 2.26. The number of rotatable bonds is 5. The highest BCUT2D eigenvalue weighted by Crippen LogP contribution is 2.30. The quantitative estimate of drug-likeness (QED) is 0.458. The van der Waals surface area contributed by atoms with Crippen LogP contribution in [0.1, 0.15) is 60.5 Å². The minimum Gasteiger partial charge on any atom is -0.381 e. The van der Waals surface area contributed by atoms with Gasteiger partial charge in [0.05, 0.1) is 29.1 Å². The summed E-state index contributed by atoms with van der Waals surface area (Å²) >= 11 is 0. The minimum absolute atomic E-state index is 0.0511. The number of hydrogen-bond acceptors (Lipinski definition) is 6. The lowest BCUT2D eigenvalue weighted by atomic mass is 9.95. The van der Waals surface area contributed by atoms with Crippen molar-refractivity contribution in [3.05, 3.63) is 53.3 Å². The van der Waals surface area contributed by atoms with Crippen LogP contribution in [0, 0.1) is 0 Å². The van der Waals surface area contributed by atoms with E-state index in [0.29, 0.717) is 17.9 Å². The van der Waals surface area contributed by atoms with Crippen LogP contribution in [0.15, 0.2) is 36.7 Å². The zero-order valence-corrected chi connectivity index (χ0v) is 21.0. The van der Waals surface area contributed by atoms with Gasteiger partial charge in [0.25, 0.3) is 16.0 Å². The van der Waals surface area contributed by atoms with Gasteiger partial charge in [0.15, 0.2) is 5.65 Å². The first kappa shape index (κ1) is 25.1. The lowest BCUT2D eigenvalue weighted by Gasteiger charge is -2.25. The summed E-state index contributed by atoms with van der Waals surface area (Å²) in [6.07, 6.45) is 12.1. The van der Waals surface area contributed by atoms with Gasteiger partial charge >= 0.3 is 0 Å². The summed E-state index contributed by atoms with van der Waals surface area (Å²) in [5.41, 5.74) is 5.02. The number of anilines is 1. The van der Waals surface area contributed by atoms with Crippen molar-refractivity contribution in [2.24, 2.45) is 0 Å². The van der Waals surface area contributed by atoms with Crippen molar-refractivity contribution in [3.8, 4) is 0 Å². The Hall–Kier alpha value is -2.98. The van der Waals surface area contributed by atoms with Crippen LogP contribution >= 0.6 is 0 Å². The molecule has 0 radical (unpaired) electrons. The van der Waals surface area contributed by atoms with Crippen LogP contribution < -0.4 is 10.6 Å². The van der Waals surface area contributed by atoms with Crippen molar-refractivity contribution in [1.29, 1.82) is 0 Å². The first-order valence-electron chi connectivity index (χ1n) is 12.1. The molecule has 2 aliphatic rings. The summed E-state index contributed by atoms with van der Waals surface area (Å²) in [5.74, 6) is -0.0511. The topological polar surface area (TPSA) is 126 Å². The maximum Gasteiger partial charge on any atom is 0.261 e. The third kappa shape index (κ3) is 6.37. The number of carbonyl (C=O) groups excluding carboxylic acids is 1. The van der Waals surface area contributed by atoms with E-state index in [0.717, 1.165) is 48.9 Å². The average Bonchev–Trinajstić information content (AvgIpc) is 3.42. The number of fused-ring (bicyclic) bond motifs is 2. The van der Waals surface area contributed by atoms with Gasteiger partial charge in [0.1, 0.15) is 0 Å². The van der Waals surface area contributed by atoms with E-state index < -0.39 is 10.1 Å². The molecule has 1 aromatic carbocycles. The van der Waals surface area contributed by atoms with E-state index in [1.54, 1.807) is 6.20 Å². The fourth-order valence-electron chi connectivity index (χ4n) is 4.96. The Balaban J connectivity index is 0.000000527. The highest BCUT2D eigenvalue weighted by atomic mass is 32.2. The summed E-state index contributed by atoms with van der Waals surface area (Å²) in [7, 11) is -3.67. The van der Waals surface area contributed by atoms with Crippen molar-refractivity contribution < 1.29 is 17.8 Å². The molecule has 1 saturated carbocycles. The number of pyridine rings is 1. The zero-order valence-electron chi connectivity index (χ0n) is 20.2. The van der Waals surface area contributed by atoms with E-state index in [2.05, 4.69) is 51.9 Å². The van der Waals surface area contributed by atoms with Crippen molar-refractivity contribution in [3.63, 3.8) is 0 Å². The van der Waals surface area contributed by atoms with Gasteiger partial charge in [-0.15, -0.1) is 0 Å². The van der Waals surface area contributed by atoms with Crippen LogP contribution in [0.25, 0.3) is 11.0 Å². The zero-order chi connectivity index (χ0) is 25.0. The average molecular weight is 500 g/mol. The molecule has 188 valence electrons. The predicted octanol–water partition coefficient (Wildman–Crippen LogP) is 3.60. The molecule has 0 atom stereocenters. The van der Waals surface area contributed by atoms with Gasteiger partial charge in [-0.2, -0.15) is 13.5 Å². The van der Waals surface area contributed by atoms with Gasteiger partial charge in [-0.25, -0.2) is 9.67 Å². The van der Waals surface area contributed by atoms with Crippen LogP contribution in [-0.2, 0) is 29.5 Å². The normalized spacial score (nSPS) is 16.4. The molecule has 3 aromatic rings. The molecule has 5 rings (SSSR count). The molecule has 1 amide bonds. The van der Waals surface area contributed by atoms with Gasteiger partial charge in [-0.1, -0.05) is 43.5 Å². The number of nitrogens with one attached hydrogen (secondary N) is 2. The van der Waals surface area contributed by atoms with E-state index in [9.17, 15) is 13.2 Å². The van der Waals surface area contributed by atoms with Gasteiger partial charge in [-0.05, 0) is 43.7 Å². The molecule has 35 heavy (non-hydrogen) atoms. The first-order chi connectivity index (χ1) is 16.7. The lowest BCUT2D eigenvalue weighted by Crippen LogP contribution is -2.36. The van der Waals surface area contributed by atoms with Crippen LogP contribution in [-0.4, -0.2) is 52.0 Å². The van der Waals surface area contributed by atoms with E-state index in [-0.39, 0.29) is 11.9 Å². The molecule has 9 nitrogen and oxygen atoms in total. The summed E-state index contributed by atoms with van der Waals surface area (Å²) in [6.45, 7) is 2.81. The molecule has 2 aromatic heterocycles. The second-order valence-corrected chi connectivity index (χ2v) is 10.8. The number of carbonyl (C=O) groups is 1. The summed E-state index contributed by atoms with van der Waals surface area (Å²) < 4.78 is 27.8. The molecule has 1 fully saturated rings. The Labute approximate surface area is 206 Å². The molecule has 0 saturated heterocycles. The maximum atomic E-state index is 13.3. The SMILES string of the molecule is CCn1ncc2c(NC3CCCCC3)c(C(=O)NC3Cc4ccccc4C3)cnc21.CS(=O)(=O)O. The van der Waals surface area contributed by atoms with Gasteiger partial charge in [0, 0.05) is 24.8 Å². The van der Waals surface area contributed by atoms with E-state index >= 15 is 0 Å². The Bertz CT molecular complexity index is 1270. The van der Waals surface area contributed by atoms with Crippen molar-refractivity contribution >= 4 is 32.7 Å². The summed E-state index contributed by atoms with van der Waals surface area (Å²) in [4.78, 5) is 17.9. The number of aryl methyl sites for hydroxylation is 1. The third-order valence-electron chi connectivity index (χ3n) is 6.55. The Kier molecular flexibility index (Phi) is 7.71. The largest absolute Gasteiger partial charge is 0.381 e. The Morgan fingerprint density at radius 2 is 1.71 bits per heavy atom. The second-order valence-electron chi connectivity index (χ2n) is 9.30. The monoisotopic (exact) mass is 499 g/mol. The van der Waals surface area contributed by atoms with Crippen molar-refractivity contribution in [1.82, 2.24) is 20.1 Å². The van der Waals surface area contributed by atoms with Crippen molar-refractivity contribution in [2.45, 2.75) is 70.5 Å². The standard InChI is InChI=1S/C24H29N5O.CH4O3S/c1-2-29-23-20(15-26-29)22(27-18-10-4-3-5-11-18)21(14-25-23)24(30)28-19-12-16-8-6-7-9-17(16)13-19;1-5(2,3)4/h6-9,14-15,18-19H,2-5,10-13H2,1H3,(H,25,27)(H,28,30);1H3,(H,2,3,4). The first-order valence-corrected chi connectivity index (χ1v) is 14.0. The van der Waals surface area contributed by atoms with Gasteiger partial charge in [0.2, 0.25) is 0 Å². The number of nitrogens with zero attached hydrogens (tertiary/aromatic N) is 3. The highest BCUT2D eigenvalue weighted by molar-refractivity contribution is 7.85. The van der Waals surface area contributed by atoms with Crippen molar-refractivity contribution in [2.75, 3.05) is 11.6 Å². The summed E-state index contributed by atoms with van der Waals surface area (Å²) in [6, 6.07) is 8.98. The molecular weight excluding hydrogens is 466 g/mol. The van der Waals surface area contributed by atoms with Crippen LogP contribution in [0.3, 0.4) is 0 Å². The molecule has 3 N–H and O–H groups in total. The number of amides is 1. The van der Waals surface area contributed by atoms with Crippen LogP contribution in [0.2, 0.25) is 0 Å². The van der Waals surface area contributed by atoms with E-state index in [4.69, 9.17) is 4.55 Å². The van der Waals surface area contributed by atoms with E-state index in [1.165, 1.54) is 30.4 Å².